The van der Waals surface area contributed by atoms with Gasteiger partial charge in [-0.3, -0.25) is 0 Å². The number of hydrogen-bond acceptors (Lipinski definition) is 4. The van der Waals surface area contributed by atoms with Crippen LogP contribution in [0.5, 0.6) is 0 Å². The molecule has 3 heterocycles. The van der Waals surface area contributed by atoms with Gasteiger partial charge in [0.2, 0.25) is 0 Å². The molecule has 2 aromatic rings. The Labute approximate surface area is 123 Å². The summed E-state index contributed by atoms with van der Waals surface area (Å²) < 4.78 is 2.25. The van der Waals surface area contributed by atoms with Gasteiger partial charge in [-0.05, 0) is 25.0 Å². The molecule has 2 aliphatic heterocycles. The lowest BCUT2D eigenvalue weighted by atomic mass is 10.1. The quantitative estimate of drug-likeness (QED) is 0.850. The number of hydrogen-bond donors (Lipinski definition) is 0. The average molecular weight is 286 g/mol. The Morgan fingerprint density at radius 1 is 1.20 bits per heavy atom. The summed E-state index contributed by atoms with van der Waals surface area (Å²) in [5, 5.41) is 10.3. The lowest BCUT2D eigenvalue weighted by Crippen LogP contribution is -2.17. The maximum atomic E-state index is 4.38. The summed E-state index contributed by atoms with van der Waals surface area (Å²) in [4.78, 5) is 2.46. The number of fused-ring (bicyclic) bond motifs is 1. The van der Waals surface area contributed by atoms with E-state index >= 15 is 0 Å². The predicted molar refractivity (Wildman–Crippen MR) is 82.2 cm³/mol. The second-order valence-corrected chi connectivity index (χ2v) is 7.00. The van der Waals surface area contributed by atoms with Crippen molar-refractivity contribution in [2.75, 3.05) is 18.0 Å². The third-order valence-corrected chi connectivity index (χ3v) is 5.10. The van der Waals surface area contributed by atoms with Crippen LogP contribution in [0.1, 0.15) is 19.8 Å². The van der Waals surface area contributed by atoms with Gasteiger partial charge in [-0.2, -0.15) is 0 Å². The number of anilines is 1. The van der Waals surface area contributed by atoms with E-state index in [2.05, 4.69) is 50.9 Å². The minimum atomic E-state index is 0.598. The monoisotopic (exact) mass is 286 g/mol. The molecule has 1 aromatic carbocycles. The summed E-state index contributed by atoms with van der Waals surface area (Å²) in [5.41, 5.74) is 2.50. The molecule has 4 nitrogen and oxygen atoms in total. The summed E-state index contributed by atoms with van der Waals surface area (Å²) in [7, 11) is 0. The van der Waals surface area contributed by atoms with E-state index in [9.17, 15) is 0 Å². The number of aromatic nitrogens is 3. The summed E-state index contributed by atoms with van der Waals surface area (Å²) in [6.45, 7) is 5.60. The molecule has 104 valence electrons. The van der Waals surface area contributed by atoms with Gasteiger partial charge < -0.3 is 9.47 Å². The Bertz CT molecular complexity index is 631. The van der Waals surface area contributed by atoms with Crippen molar-refractivity contribution < 1.29 is 0 Å². The third-order valence-electron chi connectivity index (χ3n) is 4.04. The van der Waals surface area contributed by atoms with Crippen molar-refractivity contribution >= 4 is 17.4 Å². The van der Waals surface area contributed by atoms with E-state index in [1.807, 2.05) is 11.8 Å². The van der Waals surface area contributed by atoms with E-state index in [0.717, 1.165) is 17.5 Å². The van der Waals surface area contributed by atoms with Gasteiger partial charge in [-0.25, -0.2) is 0 Å². The molecular weight excluding hydrogens is 268 g/mol. The highest BCUT2D eigenvalue weighted by atomic mass is 32.2. The molecule has 0 N–H and O–H groups in total. The third kappa shape index (κ3) is 2.00. The first-order valence-electron chi connectivity index (χ1n) is 7.26. The second-order valence-electron chi connectivity index (χ2n) is 5.59. The summed E-state index contributed by atoms with van der Waals surface area (Å²) in [5.74, 6) is 1.01. The zero-order valence-corrected chi connectivity index (χ0v) is 12.4. The van der Waals surface area contributed by atoms with Gasteiger partial charge in [0.1, 0.15) is 0 Å². The van der Waals surface area contributed by atoms with E-state index in [0.29, 0.717) is 5.25 Å². The van der Waals surface area contributed by atoms with Gasteiger partial charge in [0.25, 0.3) is 0 Å². The fraction of sp³-hybridized carbons (Fsp3) is 0.467. The number of benzene rings is 1. The van der Waals surface area contributed by atoms with Crippen molar-refractivity contribution in [3.05, 3.63) is 24.3 Å². The molecule has 1 unspecified atom stereocenters. The standard InChI is InChI=1S/C15H18N4S/c1-11-10-19-14(16-17-15(19)20-11)12-5-4-6-13(9-12)18-7-2-3-8-18/h4-6,9,11H,2-3,7-8,10H2,1H3. The minimum absolute atomic E-state index is 0.598. The van der Waals surface area contributed by atoms with Gasteiger partial charge in [-0.1, -0.05) is 30.8 Å². The highest BCUT2D eigenvalue weighted by Gasteiger charge is 2.24. The van der Waals surface area contributed by atoms with Crippen LogP contribution in [0.4, 0.5) is 5.69 Å². The van der Waals surface area contributed by atoms with Crippen LogP contribution in [0.15, 0.2) is 29.4 Å². The molecule has 4 rings (SSSR count). The van der Waals surface area contributed by atoms with E-state index in [1.165, 1.54) is 37.2 Å². The van der Waals surface area contributed by atoms with E-state index in [4.69, 9.17) is 0 Å². The van der Waals surface area contributed by atoms with E-state index in [-0.39, 0.29) is 0 Å². The Morgan fingerprint density at radius 3 is 2.90 bits per heavy atom. The molecule has 5 heteroatoms. The van der Waals surface area contributed by atoms with Crippen molar-refractivity contribution in [3.63, 3.8) is 0 Å². The lowest BCUT2D eigenvalue weighted by molar-refractivity contribution is 0.675. The van der Waals surface area contributed by atoms with Crippen LogP contribution in [0.25, 0.3) is 11.4 Å². The van der Waals surface area contributed by atoms with E-state index in [1.54, 1.807) is 0 Å². The van der Waals surface area contributed by atoms with Crippen LogP contribution in [0, 0.1) is 0 Å². The summed E-state index contributed by atoms with van der Waals surface area (Å²) in [6.07, 6.45) is 2.61. The zero-order valence-electron chi connectivity index (χ0n) is 11.6. The molecular formula is C15H18N4S. The van der Waals surface area contributed by atoms with Gasteiger partial charge in [0, 0.05) is 36.1 Å². The van der Waals surface area contributed by atoms with Gasteiger partial charge in [-0.15, -0.1) is 10.2 Å². The molecule has 1 aromatic heterocycles. The highest BCUT2D eigenvalue weighted by molar-refractivity contribution is 7.99. The van der Waals surface area contributed by atoms with Crippen molar-refractivity contribution in [1.29, 1.82) is 0 Å². The van der Waals surface area contributed by atoms with Crippen LogP contribution in [-0.4, -0.2) is 33.1 Å². The lowest BCUT2D eigenvalue weighted by Gasteiger charge is -2.18. The first-order valence-corrected chi connectivity index (χ1v) is 8.14. The van der Waals surface area contributed by atoms with Crippen LogP contribution in [0.2, 0.25) is 0 Å². The number of thioether (sulfide) groups is 1. The molecule has 0 saturated carbocycles. The Kier molecular flexibility index (Phi) is 2.95. The summed E-state index contributed by atoms with van der Waals surface area (Å²) >= 11 is 1.81. The molecule has 2 aliphatic rings. The fourth-order valence-corrected chi connectivity index (χ4v) is 4.01. The summed E-state index contributed by atoms with van der Waals surface area (Å²) in [6, 6.07) is 8.74. The van der Waals surface area contributed by atoms with Crippen molar-refractivity contribution in [2.24, 2.45) is 0 Å². The molecule has 0 aliphatic carbocycles. The predicted octanol–water partition coefficient (Wildman–Crippen LogP) is 3.04. The molecule has 0 bridgehead atoms. The molecule has 1 atom stereocenters. The normalized spacial score (nSPS) is 21.4. The number of rotatable bonds is 2. The van der Waals surface area contributed by atoms with Crippen LogP contribution < -0.4 is 4.90 Å². The van der Waals surface area contributed by atoms with E-state index < -0.39 is 0 Å². The average Bonchev–Trinajstić information content (AvgIpc) is 3.14. The number of nitrogens with zero attached hydrogens (tertiary/aromatic N) is 4. The Hall–Kier alpha value is -1.49. The first-order chi connectivity index (χ1) is 9.81. The molecule has 0 spiro atoms. The fourth-order valence-electron chi connectivity index (χ4n) is 3.05. The van der Waals surface area contributed by atoms with Crippen LogP contribution in [0.3, 0.4) is 0 Å². The molecule has 0 amide bonds. The Balaban J connectivity index is 1.70. The smallest absolute Gasteiger partial charge is 0.191 e. The molecule has 20 heavy (non-hydrogen) atoms. The molecule has 1 saturated heterocycles. The van der Waals surface area contributed by atoms with Crippen LogP contribution in [-0.2, 0) is 6.54 Å². The topological polar surface area (TPSA) is 34.0 Å². The molecule has 1 fully saturated rings. The van der Waals surface area contributed by atoms with Crippen molar-refractivity contribution in [3.8, 4) is 11.4 Å². The maximum absolute atomic E-state index is 4.38. The Morgan fingerprint density at radius 2 is 2.05 bits per heavy atom. The van der Waals surface area contributed by atoms with Gasteiger partial charge >= 0.3 is 0 Å². The first kappa shape index (κ1) is 12.3. The molecule has 0 radical (unpaired) electrons. The SMILES string of the molecule is CC1Cn2c(nnc2-c2cccc(N3CCCC3)c2)S1. The maximum Gasteiger partial charge on any atom is 0.191 e. The van der Waals surface area contributed by atoms with Crippen LogP contribution >= 0.6 is 11.8 Å². The van der Waals surface area contributed by atoms with Crippen molar-refractivity contribution in [1.82, 2.24) is 14.8 Å². The highest BCUT2D eigenvalue weighted by Crippen LogP contribution is 2.35. The van der Waals surface area contributed by atoms with Gasteiger partial charge in [0.05, 0.1) is 0 Å². The second kappa shape index (κ2) is 4.81. The minimum Gasteiger partial charge on any atom is -0.372 e. The zero-order chi connectivity index (χ0) is 13.5. The van der Waals surface area contributed by atoms with Crippen molar-refractivity contribution in [2.45, 2.75) is 36.7 Å². The van der Waals surface area contributed by atoms with Gasteiger partial charge in [0.15, 0.2) is 11.0 Å². The largest absolute Gasteiger partial charge is 0.372 e.